The average molecular weight is 269 g/mol. The molecule has 0 aliphatic heterocycles. The fourth-order valence-electron chi connectivity index (χ4n) is 2.14. The standard InChI is InChI=1S/C12H19N3O4/c1-2-8-9(3-5-16)12(15(18)19)10(13)7-11(8)14-4-6-17/h7,14,16-17H,2-6,13H2,1H3. The lowest BCUT2D eigenvalue weighted by Crippen LogP contribution is -2.12. The summed E-state index contributed by atoms with van der Waals surface area (Å²) in [5, 5.41) is 32.0. The van der Waals surface area contributed by atoms with Crippen LogP contribution < -0.4 is 11.1 Å². The van der Waals surface area contributed by atoms with Crippen molar-refractivity contribution >= 4 is 17.1 Å². The van der Waals surface area contributed by atoms with Crippen molar-refractivity contribution in [3.63, 3.8) is 0 Å². The van der Waals surface area contributed by atoms with E-state index in [4.69, 9.17) is 15.9 Å². The predicted molar refractivity (Wildman–Crippen MR) is 73.3 cm³/mol. The summed E-state index contributed by atoms with van der Waals surface area (Å²) in [6.45, 7) is 1.98. The van der Waals surface area contributed by atoms with Crippen LogP contribution >= 0.6 is 0 Å². The van der Waals surface area contributed by atoms with E-state index in [-0.39, 0.29) is 31.0 Å². The highest BCUT2D eigenvalue weighted by Gasteiger charge is 2.23. The van der Waals surface area contributed by atoms with Crippen LogP contribution in [0.25, 0.3) is 0 Å². The van der Waals surface area contributed by atoms with Gasteiger partial charge in [-0.2, -0.15) is 0 Å². The van der Waals surface area contributed by atoms with E-state index < -0.39 is 4.92 Å². The monoisotopic (exact) mass is 269 g/mol. The van der Waals surface area contributed by atoms with Gasteiger partial charge in [0.2, 0.25) is 0 Å². The Kier molecular flexibility index (Phi) is 5.53. The van der Waals surface area contributed by atoms with Crippen LogP contribution in [0.2, 0.25) is 0 Å². The lowest BCUT2D eigenvalue weighted by molar-refractivity contribution is -0.384. The molecule has 7 nitrogen and oxygen atoms in total. The molecule has 0 unspecified atom stereocenters. The van der Waals surface area contributed by atoms with Crippen molar-refractivity contribution in [3.05, 3.63) is 27.3 Å². The highest BCUT2D eigenvalue weighted by atomic mass is 16.6. The van der Waals surface area contributed by atoms with Crippen molar-refractivity contribution in [2.24, 2.45) is 0 Å². The molecule has 0 bridgehead atoms. The third-order valence-corrected chi connectivity index (χ3v) is 2.87. The number of hydrogen-bond acceptors (Lipinski definition) is 6. The average Bonchev–Trinajstić information content (AvgIpc) is 2.36. The molecule has 0 heterocycles. The van der Waals surface area contributed by atoms with Crippen LogP contribution in [0.1, 0.15) is 18.1 Å². The molecule has 0 aromatic heterocycles. The van der Waals surface area contributed by atoms with Crippen LogP contribution in [-0.4, -0.2) is 34.9 Å². The minimum atomic E-state index is -0.519. The number of aliphatic hydroxyl groups is 2. The van der Waals surface area contributed by atoms with Crippen LogP contribution in [0.5, 0.6) is 0 Å². The molecule has 0 aliphatic rings. The van der Waals surface area contributed by atoms with Crippen molar-refractivity contribution in [1.29, 1.82) is 0 Å². The zero-order chi connectivity index (χ0) is 14.4. The van der Waals surface area contributed by atoms with Crippen molar-refractivity contribution in [1.82, 2.24) is 0 Å². The first-order chi connectivity index (χ1) is 9.06. The number of nitro benzene ring substituents is 1. The first kappa shape index (κ1) is 15.2. The molecule has 0 saturated carbocycles. The van der Waals surface area contributed by atoms with Crippen LogP contribution in [0.3, 0.4) is 0 Å². The van der Waals surface area contributed by atoms with E-state index in [1.54, 1.807) is 0 Å². The van der Waals surface area contributed by atoms with E-state index >= 15 is 0 Å². The van der Waals surface area contributed by atoms with Crippen molar-refractivity contribution in [2.75, 3.05) is 30.8 Å². The molecule has 0 aliphatic carbocycles. The molecule has 0 spiro atoms. The minimum absolute atomic E-state index is 0.0463. The number of nitrogens with one attached hydrogen (secondary N) is 1. The Morgan fingerprint density at radius 3 is 2.53 bits per heavy atom. The molecule has 1 aromatic carbocycles. The molecule has 19 heavy (non-hydrogen) atoms. The van der Waals surface area contributed by atoms with Gasteiger partial charge in [-0.3, -0.25) is 10.1 Å². The molecular formula is C12H19N3O4. The fourth-order valence-corrected chi connectivity index (χ4v) is 2.14. The molecule has 1 rings (SSSR count). The number of benzene rings is 1. The van der Waals surface area contributed by atoms with Crippen LogP contribution in [-0.2, 0) is 12.8 Å². The summed E-state index contributed by atoms with van der Waals surface area (Å²) < 4.78 is 0. The topological polar surface area (TPSA) is 122 Å². The minimum Gasteiger partial charge on any atom is -0.396 e. The molecule has 0 amide bonds. The number of nitrogens with zero attached hydrogens (tertiary/aromatic N) is 1. The van der Waals surface area contributed by atoms with Crippen LogP contribution in [0, 0.1) is 10.1 Å². The lowest BCUT2D eigenvalue weighted by atomic mass is 9.97. The van der Waals surface area contributed by atoms with E-state index in [9.17, 15) is 10.1 Å². The number of nitrogen functional groups attached to an aromatic ring is 1. The second-order valence-corrected chi connectivity index (χ2v) is 4.05. The largest absolute Gasteiger partial charge is 0.396 e. The van der Waals surface area contributed by atoms with Crippen LogP contribution in [0.4, 0.5) is 17.1 Å². The van der Waals surface area contributed by atoms with Crippen LogP contribution in [0.15, 0.2) is 6.07 Å². The normalized spacial score (nSPS) is 10.5. The van der Waals surface area contributed by atoms with Crippen molar-refractivity contribution in [3.8, 4) is 0 Å². The van der Waals surface area contributed by atoms with Crippen molar-refractivity contribution in [2.45, 2.75) is 19.8 Å². The number of nitrogens with two attached hydrogens (primary N) is 1. The Balaban J connectivity index is 3.40. The molecule has 1 aromatic rings. The van der Waals surface area contributed by atoms with Gasteiger partial charge in [0, 0.05) is 30.8 Å². The van der Waals surface area contributed by atoms with E-state index in [2.05, 4.69) is 5.32 Å². The van der Waals surface area contributed by atoms with Gasteiger partial charge in [0.15, 0.2) is 0 Å². The van der Waals surface area contributed by atoms with Gasteiger partial charge in [-0.1, -0.05) is 6.92 Å². The molecular weight excluding hydrogens is 250 g/mol. The zero-order valence-electron chi connectivity index (χ0n) is 10.8. The molecule has 7 heteroatoms. The van der Waals surface area contributed by atoms with Gasteiger partial charge < -0.3 is 21.3 Å². The van der Waals surface area contributed by atoms with E-state index in [0.29, 0.717) is 24.2 Å². The van der Waals surface area contributed by atoms with Gasteiger partial charge >= 0.3 is 0 Å². The smallest absolute Gasteiger partial charge is 0.295 e. The zero-order valence-corrected chi connectivity index (χ0v) is 10.8. The SMILES string of the molecule is CCc1c(NCCO)cc(N)c([N+](=O)[O-])c1CCO. The Morgan fingerprint density at radius 2 is 2.05 bits per heavy atom. The lowest BCUT2D eigenvalue weighted by Gasteiger charge is -2.16. The number of nitro groups is 1. The highest BCUT2D eigenvalue weighted by molar-refractivity contribution is 5.74. The first-order valence-corrected chi connectivity index (χ1v) is 6.11. The van der Waals surface area contributed by atoms with Gasteiger partial charge in [0.1, 0.15) is 5.69 Å². The molecule has 0 atom stereocenters. The molecule has 0 saturated heterocycles. The van der Waals surface area contributed by atoms with Gasteiger partial charge in [0.25, 0.3) is 5.69 Å². The quantitative estimate of drug-likeness (QED) is 0.328. The maximum Gasteiger partial charge on any atom is 0.295 e. The maximum atomic E-state index is 11.1. The number of rotatable bonds is 7. The van der Waals surface area contributed by atoms with E-state index in [1.165, 1.54) is 6.07 Å². The Hall–Kier alpha value is -1.86. The second kappa shape index (κ2) is 6.91. The summed E-state index contributed by atoms with van der Waals surface area (Å²) in [5.41, 5.74) is 7.52. The summed E-state index contributed by atoms with van der Waals surface area (Å²) in [6, 6.07) is 1.51. The third-order valence-electron chi connectivity index (χ3n) is 2.87. The Morgan fingerprint density at radius 1 is 1.37 bits per heavy atom. The molecule has 106 valence electrons. The predicted octanol–water partition coefficient (Wildman–Crippen LogP) is 0.678. The van der Waals surface area contributed by atoms with Gasteiger partial charge in [-0.15, -0.1) is 0 Å². The summed E-state index contributed by atoms with van der Waals surface area (Å²) in [4.78, 5) is 10.6. The number of hydrogen-bond donors (Lipinski definition) is 4. The summed E-state index contributed by atoms with van der Waals surface area (Å²) in [7, 11) is 0. The summed E-state index contributed by atoms with van der Waals surface area (Å²) in [6.07, 6.45) is 0.753. The molecule has 5 N–H and O–H groups in total. The number of anilines is 2. The van der Waals surface area contributed by atoms with E-state index in [1.807, 2.05) is 6.92 Å². The summed E-state index contributed by atoms with van der Waals surface area (Å²) >= 11 is 0. The van der Waals surface area contributed by atoms with Gasteiger partial charge in [-0.05, 0) is 18.1 Å². The fraction of sp³-hybridized carbons (Fsp3) is 0.500. The third kappa shape index (κ3) is 3.33. The molecule has 0 fully saturated rings. The number of aliphatic hydroxyl groups excluding tert-OH is 2. The Labute approximate surface area is 111 Å². The summed E-state index contributed by atoms with van der Waals surface area (Å²) in [5.74, 6) is 0. The van der Waals surface area contributed by atoms with Crippen molar-refractivity contribution < 1.29 is 15.1 Å². The maximum absolute atomic E-state index is 11.1. The first-order valence-electron chi connectivity index (χ1n) is 6.11. The molecule has 0 radical (unpaired) electrons. The Bertz CT molecular complexity index is 463. The second-order valence-electron chi connectivity index (χ2n) is 4.05. The van der Waals surface area contributed by atoms with Gasteiger partial charge in [0.05, 0.1) is 11.5 Å². The van der Waals surface area contributed by atoms with Gasteiger partial charge in [-0.25, -0.2) is 0 Å². The van der Waals surface area contributed by atoms with E-state index in [0.717, 1.165) is 5.56 Å². The highest BCUT2D eigenvalue weighted by Crippen LogP contribution is 2.35.